The van der Waals surface area contributed by atoms with Crippen LogP contribution in [0, 0.1) is 0 Å². The third kappa shape index (κ3) is 5.57. The van der Waals surface area contributed by atoms with Gasteiger partial charge in [-0.1, -0.05) is 11.6 Å². The number of alkyl halides is 3. The van der Waals surface area contributed by atoms with E-state index in [2.05, 4.69) is 10.1 Å². The maximum atomic E-state index is 12.8. The Morgan fingerprint density at radius 3 is 2.12 bits per heavy atom. The van der Waals surface area contributed by atoms with Crippen molar-refractivity contribution in [1.82, 2.24) is 0 Å². The number of hydrogen-bond donors (Lipinski definition) is 3. The van der Waals surface area contributed by atoms with E-state index >= 15 is 0 Å². The van der Waals surface area contributed by atoms with Gasteiger partial charge >= 0.3 is 6.18 Å². The normalized spacial score (nSPS) is 13.8. The largest absolute Gasteiger partial charge is 0.426 e. The summed E-state index contributed by atoms with van der Waals surface area (Å²) < 4.78 is 68.6. The number of hydrogen-bond acceptors (Lipinski definition) is 6. The number of aliphatic hydroxyl groups is 1. The van der Waals surface area contributed by atoms with Crippen LogP contribution in [0.3, 0.4) is 0 Å². The second-order valence-electron chi connectivity index (χ2n) is 6.67. The predicted octanol–water partition coefficient (Wildman–Crippen LogP) is 3.01. The van der Waals surface area contributed by atoms with E-state index in [1.54, 1.807) is 0 Å². The van der Waals surface area contributed by atoms with Gasteiger partial charge in [0.2, 0.25) is 21.3 Å². The lowest BCUT2D eigenvalue weighted by Crippen LogP contribution is -2.52. The molecule has 8 nitrogen and oxygen atoms in total. The first kappa shape index (κ1) is 25.6. The van der Waals surface area contributed by atoms with Crippen LogP contribution >= 0.6 is 11.6 Å². The van der Waals surface area contributed by atoms with Crippen molar-refractivity contribution in [3.8, 4) is 0 Å². The summed E-state index contributed by atoms with van der Waals surface area (Å²) >= 11 is 5.94. The highest BCUT2D eigenvalue weighted by Crippen LogP contribution is 2.33. The van der Waals surface area contributed by atoms with Crippen molar-refractivity contribution in [2.75, 3.05) is 24.4 Å². The molecule has 0 aliphatic heterocycles. The molecule has 2 amide bonds. The van der Waals surface area contributed by atoms with Crippen LogP contribution < -0.4 is 10.6 Å². The van der Waals surface area contributed by atoms with Gasteiger partial charge in [-0.15, -0.1) is 0 Å². The van der Waals surface area contributed by atoms with Gasteiger partial charge in [0.25, 0.3) is 5.91 Å². The lowest BCUT2D eigenvalue weighted by atomic mass is 10.1. The van der Waals surface area contributed by atoms with Gasteiger partial charge in [0, 0.05) is 12.8 Å². The fourth-order valence-electron chi connectivity index (χ4n) is 2.32. The van der Waals surface area contributed by atoms with Crippen LogP contribution in [0.25, 0.3) is 0 Å². The van der Waals surface area contributed by atoms with Crippen LogP contribution in [0.2, 0.25) is 5.02 Å². The summed E-state index contributed by atoms with van der Waals surface area (Å²) in [5.74, 6) is -2.22. The molecule has 3 N–H and O–H groups in total. The first-order chi connectivity index (χ1) is 14.7. The minimum atomic E-state index is -5.23. The molecule has 1 atom stereocenters. The number of benzene rings is 2. The molecule has 13 heteroatoms. The molecule has 2 aromatic rings. The number of anilines is 2. The van der Waals surface area contributed by atoms with E-state index in [0.717, 1.165) is 18.2 Å². The van der Waals surface area contributed by atoms with Crippen LogP contribution in [0.1, 0.15) is 6.92 Å². The number of nitrogens with one attached hydrogen (secondary N) is 2. The molecule has 0 aliphatic rings. The molecule has 0 saturated carbocycles. The Morgan fingerprint density at radius 2 is 1.62 bits per heavy atom. The van der Waals surface area contributed by atoms with E-state index in [-0.39, 0.29) is 34.0 Å². The van der Waals surface area contributed by atoms with Crippen molar-refractivity contribution >= 4 is 44.6 Å². The molecule has 0 fully saturated rings. The summed E-state index contributed by atoms with van der Waals surface area (Å²) in [7, 11) is -2.73. The lowest BCUT2D eigenvalue weighted by Gasteiger charge is -2.25. The number of rotatable bonds is 7. The molecule has 0 aliphatic carbocycles. The van der Waals surface area contributed by atoms with E-state index < -0.39 is 33.4 Å². The predicted molar refractivity (Wildman–Crippen MR) is 109 cm³/mol. The van der Waals surface area contributed by atoms with E-state index in [0.29, 0.717) is 5.69 Å². The maximum Gasteiger partial charge on any atom is 0.426 e. The number of carbonyl (C=O) groups is 2. The van der Waals surface area contributed by atoms with E-state index in [4.69, 9.17) is 11.6 Å². The highest BCUT2D eigenvalue weighted by atomic mass is 35.5. The molecular weight excluding hydrogens is 477 g/mol. The van der Waals surface area contributed by atoms with E-state index in [9.17, 15) is 36.3 Å². The van der Waals surface area contributed by atoms with Crippen molar-refractivity contribution in [1.29, 1.82) is 0 Å². The SMILES string of the molecule is COCC(=O)Nc1ccc(S(=O)(=O)c2ccc(NC(=O)[C@@](C)(O)C(F)(F)F)c(Cl)c2)cc1. The number of ether oxygens (including phenoxy) is 1. The van der Waals surface area contributed by atoms with Gasteiger partial charge in [-0.25, -0.2) is 8.42 Å². The zero-order chi connectivity index (χ0) is 24.3. The van der Waals surface area contributed by atoms with Crippen LogP contribution in [0.15, 0.2) is 52.3 Å². The quantitative estimate of drug-likeness (QED) is 0.544. The smallest absolute Gasteiger partial charge is 0.375 e. The van der Waals surface area contributed by atoms with Crippen LogP contribution in [0.4, 0.5) is 24.5 Å². The molecule has 0 bridgehead atoms. The third-order valence-corrected chi connectivity index (χ3v) is 6.30. The molecule has 0 aromatic heterocycles. The van der Waals surface area contributed by atoms with Gasteiger partial charge in [0.05, 0.1) is 20.5 Å². The number of carbonyl (C=O) groups excluding carboxylic acids is 2. The van der Waals surface area contributed by atoms with Gasteiger partial charge in [-0.3, -0.25) is 9.59 Å². The average Bonchev–Trinajstić information content (AvgIpc) is 2.69. The minimum absolute atomic E-state index is 0.143. The van der Waals surface area contributed by atoms with Crippen LogP contribution in [-0.4, -0.2) is 50.8 Å². The molecule has 0 spiro atoms. The lowest BCUT2D eigenvalue weighted by molar-refractivity contribution is -0.242. The molecule has 174 valence electrons. The molecule has 0 unspecified atom stereocenters. The Bertz CT molecular complexity index is 1120. The van der Waals surface area contributed by atoms with Crippen molar-refractivity contribution in [3.63, 3.8) is 0 Å². The molecule has 0 heterocycles. The Labute approximate surface area is 186 Å². The van der Waals surface area contributed by atoms with Crippen molar-refractivity contribution in [2.24, 2.45) is 0 Å². The standard InChI is InChI=1S/C19H18ClF3N2O6S/c1-18(28,19(21,22)23)17(27)25-15-8-7-13(9-14(15)20)32(29,30)12-5-3-11(4-6-12)24-16(26)10-31-2/h3-9,28H,10H2,1-2H3,(H,24,26)(H,25,27)/t18-/m1/s1. The van der Waals surface area contributed by atoms with Gasteiger partial charge in [-0.2, -0.15) is 13.2 Å². The molecule has 0 saturated heterocycles. The number of methoxy groups -OCH3 is 1. The summed E-state index contributed by atoms with van der Waals surface area (Å²) in [5.41, 5.74) is -3.67. The Morgan fingerprint density at radius 1 is 1.06 bits per heavy atom. The number of sulfone groups is 1. The topological polar surface area (TPSA) is 122 Å². The third-order valence-electron chi connectivity index (χ3n) is 4.22. The summed E-state index contributed by atoms with van der Waals surface area (Å²) in [6.45, 7) is 0.0935. The monoisotopic (exact) mass is 494 g/mol. The van der Waals surface area contributed by atoms with Crippen molar-refractivity contribution in [2.45, 2.75) is 28.5 Å². The van der Waals surface area contributed by atoms with Crippen LogP contribution in [0.5, 0.6) is 0 Å². The fourth-order valence-corrected chi connectivity index (χ4v) is 3.90. The second-order valence-corrected chi connectivity index (χ2v) is 9.03. The van der Waals surface area contributed by atoms with E-state index in [1.807, 2.05) is 5.32 Å². The molecule has 0 radical (unpaired) electrons. The van der Waals surface area contributed by atoms with Gasteiger partial charge in [0.15, 0.2) is 0 Å². The van der Waals surface area contributed by atoms with Gasteiger partial charge < -0.3 is 20.5 Å². The van der Waals surface area contributed by atoms with Gasteiger partial charge in [0.1, 0.15) is 6.61 Å². The van der Waals surface area contributed by atoms with Crippen LogP contribution in [-0.2, 0) is 24.2 Å². The summed E-state index contributed by atoms with van der Waals surface area (Å²) in [5, 5.41) is 13.4. The zero-order valence-corrected chi connectivity index (χ0v) is 18.2. The molecule has 2 aromatic carbocycles. The molecule has 32 heavy (non-hydrogen) atoms. The first-order valence-electron chi connectivity index (χ1n) is 8.74. The van der Waals surface area contributed by atoms with E-state index in [1.165, 1.54) is 31.4 Å². The first-order valence-corrected chi connectivity index (χ1v) is 10.6. The summed E-state index contributed by atoms with van der Waals surface area (Å²) in [4.78, 5) is 22.9. The Kier molecular flexibility index (Phi) is 7.55. The molecule has 2 rings (SSSR count). The van der Waals surface area contributed by atoms with Gasteiger partial charge in [-0.05, 0) is 49.4 Å². The maximum absolute atomic E-state index is 12.8. The molecular formula is C19H18ClF3N2O6S. The average molecular weight is 495 g/mol. The number of halogens is 4. The highest BCUT2D eigenvalue weighted by molar-refractivity contribution is 7.91. The highest BCUT2D eigenvalue weighted by Gasteiger charge is 2.55. The number of amides is 2. The fraction of sp³-hybridized carbons (Fsp3) is 0.263. The second kappa shape index (κ2) is 9.45. The van der Waals surface area contributed by atoms with Crippen molar-refractivity contribution in [3.05, 3.63) is 47.5 Å². The summed E-state index contributed by atoms with van der Waals surface area (Å²) in [6, 6.07) is 8.17. The Balaban J connectivity index is 2.24. The minimum Gasteiger partial charge on any atom is -0.375 e. The Hall–Kier alpha value is -2.67. The zero-order valence-electron chi connectivity index (χ0n) is 16.7. The van der Waals surface area contributed by atoms with Crippen molar-refractivity contribution < 1.29 is 41.0 Å². The summed E-state index contributed by atoms with van der Waals surface area (Å²) in [6.07, 6.45) is -5.23.